The van der Waals surface area contributed by atoms with Gasteiger partial charge in [0, 0.05) is 0 Å². The summed E-state index contributed by atoms with van der Waals surface area (Å²) in [4.78, 5) is 0. The maximum absolute atomic E-state index is 10.6. The van der Waals surface area contributed by atoms with Crippen LogP contribution in [0.25, 0.3) is 0 Å². The third-order valence-corrected chi connectivity index (χ3v) is 2.83. The third kappa shape index (κ3) is 11.1. The van der Waals surface area contributed by atoms with Crippen LogP contribution in [0.2, 0.25) is 0 Å². The topological polar surface area (TPSA) is 69.4 Å². The summed E-state index contributed by atoms with van der Waals surface area (Å²) in [6.07, 6.45) is 3.70. The predicted molar refractivity (Wildman–Crippen MR) is 64.1 cm³/mol. The molecule has 0 spiro atoms. The minimum atomic E-state index is -3.79. The summed E-state index contributed by atoms with van der Waals surface area (Å²) in [5, 5.41) is 4.78. The molecule has 0 aliphatic heterocycles. The molecule has 0 bridgehead atoms. The monoisotopic (exact) mass is 247 g/mol. The van der Waals surface area contributed by atoms with Gasteiger partial charge in [-0.05, 0) is 19.3 Å². The van der Waals surface area contributed by atoms with Crippen LogP contribution in [0.4, 0.5) is 0 Å². The summed E-state index contributed by atoms with van der Waals surface area (Å²) < 4.78 is 25.9. The van der Waals surface area contributed by atoms with Crippen LogP contribution in [0, 0.1) is 5.92 Å². The van der Waals surface area contributed by atoms with E-state index in [9.17, 15) is 8.42 Å². The molecule has 2 unspecified atom stereocenters. The Morgan fingerprint density at radius 3 is 2.20 bits per heavy atom. The summed E-state index contributed by atoms with van der Waals surface area (Å²) in [5.74, 6) is 0.525. The van der Waals surface area contributed by atoms with Gasteiger partial charge in [-0.25, -0.2) is 5.14 Å². The molecule has 2 N–H and O–H groups in total. The van der Waals surface area contributed by atoms with E-state index in [0.29, 0.717) is 5.92 Å². The fourth-order valence-corrected chi connectivity index (χ4v) is 2.17. The van der Waals surface area contributed by atoms with E-state index in [4.69, 9.17) is 5.14 Å². The van der Waals surface area contributed by atoms with E-state index in [-0.39, 0.29) is 35.7 Å². The first-order chi connectivity index (χ1) is 6.39. The SMILES string of the molecule is CCCC(CC)CC(C)OS(N)(=O)=O.[NaH]. The normalized spacial score (nSPS) is 15.5. The first-order valence-corrected chi connectivity index (χ1v) is 6.57. The number of nitrogens with two attached hydrogens (primary N) is 1. The molecule has 0 aliphatic rings. The Balaban J connectivity index is 0. The van der Waals surface area contributed by atoms with E-state index in [1.165, 1.54) is 0 Å². The van der Waals surface area contributed by atoms with Crippen molar-refractivity contribution >= 4 is 39.9 Å². The first-order valence-electron chi connectivity index (χ1n) is 5.10. The Hall–Kier alpha value is 0.870. The van der Waals surface area contributed by atoms with Crippen molar-refractivity contribution in [2.75, 3.05) is 0 Å². The molecule has 6 heteroatoms. The van der Waals surface area contributed by atoms with Crippen molar-refractivity contribution in [1.29, 1.82) is 0 Å². The van der Waals surface area contributed by atoms with Gasteiger partial charge >= 0.3 is 39.9 Å². The summed E-state index contributed by atoms with van der Waals surface area (Å²) in [7, 11) is -3.79. The van der Waals surface area contributed by atoms with Crippen LogP contribution in [-0.4, -0.2) is 44.1 Å². The molecule has 0 amide bonds. The van der Waals surface area contributed by atoms with E-state index < -0.39 is 10.3 Å². The van der Waals surface area contributed by atoms with Crippen LogP contribution >= 0.6 is 0 Å². The van der Waals surface area contributed by atoms with Crippen LogP contribution in [0.1, 0.15) is 46.5 Å². The number of hydrogen-bond acceptors (Lipinski definition) is 3. The quantitative estimate of drug-likeness (QED) is 0.686. The average Bonchev–Trinajstić information content (AvgIpc) is 2.00. The van der Waals surface area contributed by atoms with Crippen molar-refractivity contribution < 1.29 is 12.6 Å². The van der Waals surface area contributed by atoms with Crippen LogP contribution < -0.4 is 5.14 Å². The van der Waals surface area contributed by atoms with Crippen molar-refractivity contribution in [2.24, 2.45) is 11.1 Å². The van der Waals surface area contributed by atoms with Crippen LogP contribution in [0.15, 0.2) is 0 Å². The van der Waals surface area contributed by atoms with Crippen molar-refractivity contribution in [2.45, 2.75) is 52.6 Å². The Morgan fingerprint density at radius 2 is 1.87 bits per heavy atom. The molecule has 0 aliphatic carbocycles. The molecule has 0 rings (SSSR count). The van der Waals surface area contributed by atoms with Crippen molar-refractivity contribution in [1.82, 2.24) is 0 Å². The molecular weight excluding hydrogens is 225 g/mol. The molecule has 0 fully saturated rings. The molecule has 0 saturated carbocycles. The second-order valence-electron chi connectivity index (χ2n) is 3.70. The third-order valence-electron chi connectivity index (χ3n) is 2.24. The molecule has 0 radical (unpaired) electrons. The van der Waals surface area contributed by atoms with Gasteiger partial charge in [0.25, 0.3) is 0 Å². The second-order valence-corrected chi connectivity index (χ2v) is 4.88. The van der Waals surface area contributed by atoms with Gasteiger partial charge in [-0.1, -0.05) is 33.1 Å². The molecule has 4 nitrogen and oxygen atoms in total. The number of hydrogen-bond donors (Lipinski definition) is 1. The Kier molecular flexibility index (Phi) is 10.9. The molecule has 2 atom stereocenters. The molecular formula is C9H22NNaO3S. The van der Waals surface area contributed by atoms with Crippen molar-refractivity contribution in [3.8, 4) is 0 Å². The van der Waals surface area contributed by atoms with E-state index in [0.717, 1.165) is 25.7 Å². The van der Waals surface area contributed by atoms with Crippen molar-refractivity contribution in [3.63, 3.8) is 0 Å². The van der Waals surface area contributed by atoms with Gasteiger partial charge in [0.15, 0.2) is 0 Å². The zero-order chi connectivity index (χ0) is 11.2. The van der Waals surface area contributed by atoms with E-state index in [1.54, 1.807) is 6.92 Å². The van der Waals surface area contributed by atoms with Crippen LogP contribution in [0.5, 0.6) is 0 Å². The summed E-state index contributed by atoms with van der Waals surface area (Å²) in [6.45, 7) is 5.96. The summed E-state index contributed by atoms with van der Waals surface area (Å²) in [6, 6.07) is 0. The Labute approximate surface area is 115 Å². The van der Waals surface area contributed by atoms with E-state index in [2.05, 4.69) is 18.0 Å². The Bertz CT molecular complexity index is 244. The van der Waals surface area contributed by atoms with E-state index >= 15 is 0 Å². The summed E-state index contributed by atoms with van der Waals surface area (Å²) in [5.41, 5.74) is 0. The zero-order valence-corrected chi connectivity index (χ0v) is 10.0. The zero-order valence-electron chi connectivity index (χ0n) is 9.19. The summed E-state index contributed by atoms with van der Waals surface area (Å²) >= 11 is 0. The second kappa shape index (κ2) is 8.96. The van der Waals surface area contributed by atoms with E-state index in [1.807, 2.05) is 0 Å². The van der Waals surface area contributed by atoms with Gasteiger partial charge in [-0.15, -0.1) is 0 Å². The van der Waals surface area contributed by atoms with Crippen LogP contribution in [-0.2, 0) is 14.5 Å². The van der Waals surface area contributed by atoms with Crippen molar-refractivity contribution in [3.05, 3.63) is 0 Å². The molecule has 0 saturated heterocycles. The molecule has 0 aromatic carbocycles. The minimum absolute atomic E-state index is 0. The standard InChI is InChI=1S/C9H21NO3S.Na.H/c1-4-6-9(5-2)7-8(3)13-14(10,11)12;;/h8-9H,4-7H2,1-3H3,(H2,10,11,12);;. The van der Waals surface area contributed by atoms with Gasteiger partial charge in [-0.3, -0.25) is 4.18 Å². The first kappa shape index (κ1) is 18.2. The van der Waals surface area contributed by atoms with Gasteiger partial charge in [-0.2, -0.15) is 8.42 Å². The molecule has 0 heterocycles. The van der Waals surface area contributed by atoms with Gasteiger partial charge in [0.1, 0.15) is 0 Å². The van der Waals surface area contributed by atoms with Crippen LogP contribution in [0.3, 0.4) is 0 Å². The fraction of sp³-hybridized carbons (Fsp3) is 1.00. The fourth-order valence-electron chi connectivity index (χ4n) is 1.63. The Morgan fingerprint density at radius 1 is 1.33 bits per heavy atom. The maximum atomic E-state index is 10.6. The molecule has 15 heavy (non-hydrogen) atoms. The number of rotatable bonds is 7. The molecule has 88 valence electrons. The molecule has 0 aromatic rings. The van der Waals surface area contributed by atoms with Gasteiger partial charge in [0.2, 0.25) is 0 Å². The average molecular weight is 247 g/mol. The predicted octanol–water partition coefficient (Wildman–Crippen LogP) is 1.16. The van der Waals surface area contributed by atoms with Gasteiger partial charge in [0.05, 0.1) is 6.10 Å². The van der Waals surface area contributed by atoms with Gasteiger partial charge < -0.3 is 0 Å². The molecule has 0 aromatic heterocycles.